The molecule has 0 saturated carbocycles. The van der Waals surface area contributed by atoms with Crippen LogP contribution in [0.4, 0.5) is 8.78 Å². The summed E-state index contributed by atoms with van der Waals surface area (Å²) in [6, 6.07) is 14.2. The van der Waals surface area contributed by atoms with Gasteiger partial charge in [0.25, 0.3) is 0 Å². The Morgan fingerprint density at radius 3 is 2.40 bits per heavy atom. The van der Waals surface area contributed by atoms with Crippen LogP contribution in [0.5, 0.6) is 0 Å². The normalized spacial score (nSPS) is 11.8. The van der Waals surface area contributed by atoms with Crippen molar-refractivity contribution in [3.8, 4) is 11.1 Å². The molecule has 1 N–H and O–H groups in total. The van der Waals surface area contributed by atoms with Crippen LogP contribution in [0.1, 0.15) is 54.8 Å². The van der Waals surface area contributed by atoms with Gasteiger partial charge in [0.05, 0.1) is 12.1 Å². The Hall–Kier alpha value is -3.09. The van der Waals surface area contributed by atoms with E-state index in [0.717, 1.165) is 24.5 Å². The lowest BCUT2D eigenvalue weighted by Gasteiger charge is -2.10. The molecule has 2 aromatic carbocycles. The predicted molar refractivity (Wildman–Crippen MR) is 111 cm³/mol. The summed E-state index contributed by atoms with van der Waals surface area (Å²) in [6.45, 7) is 5.26. The first-order valence-electron chi connectivity index (χ1n) is 9.89. The molecular formula is C23H25F2N3O2. The second kappa shape index (κ2) is 8.73. The van der Waals surface area contributed by atoms with E-state index in [2.05, 4.69) is 23.9 Å². The summed E-state index contributed by atoms with van der Waals surface area (Å²) < 4.78 is 29.0. The zero-order valence-electron chi connectivity index (χ0n) is 17.3. The monoisotopic (exact) mass is 413 g/mol. The Bertz CT molecular complexity index is 1020. The fourth-order valence-corrected chi connectivity index (χ4v) is 3.17. The summed E-state index contributed by atoms with van der Waals surface area (Å²) in [4.78, 5) is 15.5. The van der Waals surface area contributed by atoms with Gasteiger partial charge in [-0.3, -0.25) is 0 Å². The number of carbonyl (C=O) groups is 1. The zero-order valence-corrected chi connectivity index (χ0v) is 17.3. The van der Waals surface area contributed by atoms with Crippen molar-refractivity contribution >= 4 is 5.97 Å². The molecular weight excluding hydrogens is 388 g/mol. The SMILES string of the molecule is CC(C)CCc1nc(C(C)(F)F)nn1Cc1ccc(-c2ccccc2C(=O)O)cc1. The number of carboxylic acids is 1. The molecule has 0 atom stereocenters. The molecule has 3 rings (SSSR count). The number of nitrogens with zero attached hydrogens (tertiary/aromatic N) is 3. The average Bonchev–Trinajstić information content (AvgIpc) is 3.10. The smallest absolute Gasteiger partial charge is 0.336 e. The lowest BCUT2D eigenvalue weighted by molar-refractivity contribution is 0.00755. The number of hydrogen-bond donors (Lipinski definition) is 1. The Labute approximate surface area is 174 Å². The molecule has 0 aliphatic rings. The van der Waals surface area contributed by atoms with Crippen molar-refractivity contribution in [1.82, 2.24) is 14.8 Å². The van der Waals surface area contributed by atoms with E-state index in [1.54, 1.807) is 24.3 Å². The molecule has 0 unspecified atom stereocenters. The minimum absolute atomic E-state index is 0.229. The second-order valence-electron chi connectivity index (χ2n) is 7.88. The van der Waals surface area contributed by atoms with Crippen molar-refractivity contribution in [2.45, 2.75) is 46.1 Å². The first kappa shape index (κ1) is 21.6. The van der Waals surface area contributed by atoms with E-state index in [9.17, 15) is 18.7 Å². The molecule has 1 aromatic heterocycles. The fourth-order valence-electron chi connectivity index (χ4n) is 3.17. The van der Waals surface area contributed by atoms with Crippen molar-refractivity contribution in [1.29, 1.82) is 0 Å². The van der Waals surface area contributed by atoms with E-state index >= 15 is 0 Å². The molecule has 5 nitrogen and oxygen atoms in total. The maximum absolute atomic E-state index is 13.7. The third kappa shape index (κ3) is 5.09. The summed E-state index contributed by atoms with van der Waals surface area (Å²) in [5.41, 5.74) is 2.50. The van der Waals surface area contributed by atoms with Crippen LogP contribution in [0.3, 0.4) is 0 Å². The van der Waals surface area contributed by atoms with Gasteiger partial charge in [-0.2, -0.15) is 8.78 Å². The van der Waals surface area contributed by atoms with E-state index in [-0.39, 0.29) is 5.56 Å². The largest absolute Gasteiger partial charge is 0.478 e. The Morgan fingerprint density at radius 1 is 1.13 bits per heavy atom. The van der Waals surface area contributed by atoms with Gasteiger partial charge in [0, 0.05) is 13.3 Å². The summed E-state index contributed by atoms with van der Waals surface area (Å²) in [5, 5.41) is 13.4. The van der Waals surface area contributed by atoms with Crippen LogP contribution in [0.15, 0.2) is 48.5 Å². The predicted octanol–water partition coefficient (Wildman–Crippen LogP) is 5.39. The molecule has 0 saturated heterocycles. The molecule has 0 aliphatic heterocycles. The third-order valence-corrected chi connectivity index (χ3v) is 4.84. The van der Waals surface area contributed by atoms with Gasteiger partial charge in [-0.25, -0.2) is 14.5 Å². The average molecular weight is 413 g/mol. The lowest BCUT2D eigenvalue weighted by atomic mass is 9.99. The van der Waals surface area contributed by atoms with Gasteiger partial charge in [0.2, 0.25) is 5.82 Å². The fraction of sp³-hybridized carbons (Fsp3) is 0.348. The molecule has 0 amide bonds. The van der Waals surface area contributed by atoms with Crippen molar-refractivity contribution in [2.24, 2.45) is 5.92 Å². The molecule has 0 fully saturated rings. The topological polar surface area (TPSA) is 68.0 Å². The molecule has 0 bridgehead atoms. The summed E-state index contributed by atoms with van der Waals surface area (Å²) in [7, 11) is 0. The highest BCUT2D eigenvalue weighted by Crippen LogP contribution is 2.26. The number of halogens is 2. The number of hydrogen-bond acceptors (Lipinski definition) is 3. The summed E-state index contributed by atoms with van der Waals surface area (Å²) in [6.07, 6.45) is 1.41. The highest BCUT2D eigenvalue weighted by atomic mass is 19.3. The van der Waals surface area contributed by atoms with Gasteiger partial charge < -0.3 is 5.11 Å². The molecule has 1 heterocycles. The first-order valence-corrected chi connectivity index (χ1v) is 9.89. The second-order valence-corrected chi connectivity index (χ2v) is 7.88. The maximum Gasteiger partial charge on any atom is 0.336 e. The quantitative estimate of drug-likeness (QED) is 0.537. The van der Waals surface area contributed by atoms with Crippen LogP contribution in [-0.4, -0.2) is 25.8 Å². The van der Waals surface area contributed by atoms with Gasteiger partial charge in [-0.15, -0.1) is 5.10 Å². The summed E-state index contributed by atoms with van der Waals surface area (Å²) >= 11 is 0. The van der Waals surface area contributed by atoms with Crippen molar-refractivity contribution < 1.29 is 18.7 Å². The Morgan fingerprint density at radius 2 is 1.80 bits per heavy atom. The van der Waals surface area contributed by atoms with E-state index in [1.807, 2.05) is 24.3 Å². The molecule has 30 heavy (non-hydrogen) atoms. The highest BCUT2D eigenvalue weighted by Gasteiger charge is 2.31. The standard InChI is InChI=1S/C23H25F2N3O2/c1-15(2)8-13-20-26-22(23(3,24)25)27-28(20)14-16-9-11-17(12-10-16)18-6-4-5-7-19(18)21(29)30/h4-7,9-12,15H,8,13-14H2,1-3H3,(H,29,30). The van der Waals surface area contributed by atoms with E-state index in [1.165, 1.54) is 4.68 Å². The number of rotatable bonds is 8. The number of benzene rings is 2. The third-order valence-electron chi connectivity index (χ3n) is 4.84. The van der Waals surface area contributed by atoms with Crippen LogP contribution in [0.25, 0.3) is 11.1 Å². The van der Waals surface area contributed by atoms with Gasteiger partial charge in [-0.05, 0) is 35.1 Å². The number of carboxylic acid groups (broad SMARTS) is 1. The van der Waals surface area contributed by atoms with Crippen molar-refractivity contribution in [3.05, 3.63) is 71.3 Å². The number of aromatic carboxylic acids is 1. The van der Waals surface area contributed by atoms with Crippen LogP contribution >= 0.6 is 0 Å². The molecule has 0 aliphatic carbocycles. The van der Waals surface area contributed by atoms with Crippen LogP contribution in [0.2, 0.25) is 0 Å². The van der Waals surface area contributed by atoms with Crippen LogP contribution in [0, 0.1) is 5.92 Å². The minimum Gasteiger partial charge on any atom is -0.478 e. The molecule has 0 radical (unpaired) electrons. The number of aromatic nitrogens is 3. The molecule has 0 spiro atoms. The number of aryl methyl sites for hydroxylation is 1. The molecule has 7 heteroatoms. The Kier molecular flexibility index (Phi) is 6.29. The van der Waals surface area contributed by atoms with E-state index in [0.29, 0.717) is 30.3 Å². The van der Waals surface area contributed by atoms with Gasteiger partial charge >= 0.3 is 11.9 Å². The van der Waals surface area contributed by atoms with E-state index in [4.69, 9.17) is 0 Å². The summed E-state index contributed by atoms with van der Waals surface area (Å²) in [5.74, 6) is -3.58. The first-order chi connectivity index (χ1) is 14.1. The van der Waals surface area contributed by atoms with E-state index < -0.39 is 17.7 Å². The molecule has 158 valence electrons. The maximum atomic E-state index is 13.7. The van der Waals surface area contributed by atoms with Gasteiger partial charge in [0.1, 0.15) is 5.82 Å². The van der Waals surface area contributed by atoms with Gasteiger partial charge in [0.15, 0.2) is 0 Å². The lowest BCUT2D eigenvalue weighted by Crippen LogP contribution is -2.11. The van der Waals surface area contributed by atoms with Crippen molar-refractivity contribution in [3.63, 3.8) is 0 Å². The van der Waals surface area contributed by atoms with Gasteiger partial charge in [-0.1, -0.05) is 56.3 Å². The zero-order chi connectivity index (χ0) is 21.9. The number of alkyl halides is 2. The van der Waals surface area contributed by atoms with Crippen LogP contribution < -0.4 is 0 Å². The van der Waals surface area contributed by atoms with Crippen molar-refractivity contribution in [2.75, 3.05) is 0 Å². The van der Waals surface area contributed by atoms with Crippen LogP contribution in [-0.2, 0) is 18.9 Å². The highest BCUT2D eigenvalue weighted by molar-refractivity contribution is 5.95. The Balaban J connectivity index is 1.86. The minimum atomic E-state index is -3.10. The molecule has 3 aromatic rings.